The van der Waals surface area contributed by atoms with Crippen molar-refractivity contribution in [3.63, 3.8) is 0 Å². The summed E-state index contributed by atoms with van der Waals surface area (Å²) < 4.78 is 8.81. The zero-order chi connectivity index (χ0) is 15.7. The summed E-state index contributed by atoms with van der Waals surface area (Å²) in [6.45, 7) is 7.59. The molecule has 2 rings (SSSR count). The number of hydrogen-bond donors (Lipinski definition) is 1. The lowest BCUT2D eigenvalue weighted by Gasteiger charge is -2.39. The molecule has 9 nitrogen and oxygen atoms in total. The van der Waals surface area contributed by atoms with Gasteiger partial charge in [0.25, 0.3) is 0 Å². The minimum absolute atomic E-state index is 1.09. The highest BCUT2D eigenvalue weighted by Crippen LogP contribution is 2.33. The molecular weight excluding hydrogens is 292 g/mol. The smallest absolute Gasteiger partial charge is 0.333 e. The first-order valence-electron chi connectivity index (χ1n) is 6.39. The second kappa shape index (κ2) is 5.37. The lowest BCUT2D eigenvalue weighted by atomic mass is 10.1. The maximum absolute atomic E-state index is 11.8. The van der Waals surface area contributed by atoms with Gasteiger partial charge in [0.2, 0.25) is 0 Å². The third-order valence-electron chi connectivity index (χ3n) is 2.84. The number of carboxylic acid groups (broad SMARTS) is 1. The Morgan fingerprint density at radius 3 is 2.29 bits per heavy atom. The van der Waals surface area contributed by atoms with Gasteiger partial charge >= 0.3 is 5.97 Å². The summed E-state index contributed by atoms with van der Waals surface area (Å²) >= 11 is 0. The lowest BCUT2D eigenvalue weighted by molar-refractivity contribution is -0.157. The van der Waals surface area contributed by atoms with E-state index in [2.05, 4.69) is 20.6 Å². The fourth-order valence-corrected chi connectivity index (χ4v) is 3.68. The molecule has 0 saturated heterocycles. The van der Waals surface area contributed by atoms with Gasteiger partial charge in [-0.25, -0.2) is 14.2 Å². The van der Waals surface area contributed by atoms with Crippen LogP contribution in [0.2, 0.25) is 19.6 Å². The second-order valence-corrected chi connectivity index (χ2v) is 10.2. The van der Waals surface area contributed by atoms with Gasteiger partial charge in [-0.05, 0) is 26.6 Å². The van der Waals surface area contributed by atoms with E-state index in [1.165, 1.54) is 28.0 Å². The van der Waals surface area contributed by atoms with Crippen molar-refractivity contribution in [2.75, 3.05) is 0 Å². The van der Waals surface area contributed by atoms with Crippen LogP contribution in [-0.2, 0) is 14.9 Å². The van der Waals surface area contributed by atoms with Crippen LogP contribution >= 0.6 is 0 Å². The monoisotopic (exact) mass is 310 g/mol. The van der Waals surface area contributed by atoms with Crippen molar-refractivity contribution in [3.05, 3.63) is 24.8 Å². The van der Waals surface area contributed by atoms with Crippen molar-refractivity contribution in [1.82, 2.24) is 30.0 Å². The second-order valence-electron chi connectivity index (χ2n) is 5.74. The Balaban J connectivity index is 2.54. The molecule has 2 unspecified atom stereocenters. The van der Waals surface area contributed by atoms with Crippen LogP contribution in [0.1, 0.15) is 13.0 Å². The molecule has 2 heterocycles. The van der Waals surface area contributed by atoms with Crippen LogP contribution < -0.4 is 0 Å². The van der Waals surface area contributed by atoms with Crippen LogP contribution in [-0.4, -0.2) is 49.4 Å². The van der Waals surface area contributed by atoms with Gasteiger partial charge in [0.05, 0.1) is 12.4 Å². The lowest BCUT2D eigenvalue weighted by Crippen LogP contribution is -2.51. The summed E-state index contributed by atoms with van der Waals surface area (Å²) in [5, 5.41) is 24.8. The SMILES string of the molecule is CC(O[Si](C)(C)C)(C(C(=O)O)n1ccnn1)n1ccnn1. The molecular formula is C11H18N6O3Si. The van der Waals surface area contributed by atoms with Crippen LogP contribution in [0.5, 0.6) is 0 Å². The minimum atomic E-state index is -2.08. The summed E-state index contributed by atoms with van der Waals surface area (Å²) in [4.78, 5) is 11.8. The number of carbonyl (C=O) groups is 1. The molecule has 10 heteroatoms. The maximum Gasteiger partial charge on any atom is 0.333 e. The maximum atomic E-state index is 11.8. The number of aromatic nitrogens is 6. The van der Waals surface area contributed by atoms with E-state index in [-0.39, 0.29) is 0 Å². The van der Waals surface area contributed by atoms with E-state index in [9.17, 15) is 9.90 Å². The molecule has 0 radical (unpaired) electrons. The zero-order valence-corrected chi connectivity index (χ0v) is 13.3. The Hall–Kier alpha value is -2.07. The molecule has 1 N–H and O–H groups in total. The molecule has 0 amide bonds. The molecule has 0 bridgehead atoms. The Labute approximate surface area is 122 Å². The quantitative estimate of drug-likeness (QED) is 0.783. The highest BCUT2D eigenvalue weighted by atomic mass is 28.4. The summed E-state index contributed by atoms with van der Waals surface area (Å²) in [5.74, 6) is -1.09. The van der Waals surface area contributed by atoms with Gasteiger partial charge in [-0.15, -0.1) is 10.2 Å². The standard InChI is InChI=1S/C11H18N6O3Si/c1-11(20-21(2,3)4,17-8-6-13-15-17)9(10(18)19)16-7-5-12-14-16/h5-9H,1-4H3,(H,18,19). The van der Waals surface area contributed by atoms with Gasteiger partial charge in [-0.1, -0.05) is 10.4 Å². The fourth-order valence-electron chi connectivity index (χ4n) is 2.24. The first kappa shape index (κ1) is 15.3. The van der Waals surface area contributed by atoms with Crippen molar-refractivity contribution in [1.29, 1.82) is 0 Å². The van der Waals surface area contributed by atoms with Gasteiger partial charge < -0.3 is 9.53 Å². The molecule has 114 valence electrons. The first-order chi connectivity index (χ1) is 9.74. The molecule has 0 aliphatic rings. The predicted molar refractivity (Wildman–Crippen MR) is 74.8 cm³/mol. The van der Waals surface area contributed by atoms with Crippen LogP contribution in [0.3, 0.4) is 0 Å². The van der Waals surface area contributed by atoms with E-state index in [4.69, 9.17) is 4.43 Å². The van der Waals surface area contributed by atoms with E-state index in [1.807, 2.05) is 19.6 Å². The molecule has 0 aliphatic heterocycles. The number of rotatable bonds is 6. The molecule has 21 heavy (non-hydrogen) atoms. The number of carboxylic acids is 1. The van der Waals surface area contributed by atoms with E-state index < -0.39 is 26.1 Å². The Morgan fingerprint density at radius 2 is 1.86 bits per heavy atom. The largest absolute Gasteiger partial charge is 0.480 e. The molecule has 2 aromatic heterocycles. The highest BCUT2D eigenvalue weighted by Gasteiger charge is 2.47. The van der Waals surface area contributed by atoms with Crippen LogP contribution in [0.15, 0.2) is 24.8 Å². The Bertz CT molecular complexity index is 594. The summed E-state index contributed by atoms with van der Waals surface area (Å²) in [6.07, 6.45) is 5.97. The molecule has 0 saturated carbocycles. The van der Waals surface area contributed by atoms with Crippen LogP contribution in [0.4, 0.5) is 0 Å². The van der Waals surface area contributed by atoms with Crippen molar-refractivity contribution < 1.29 is 14.3 Å². The van der Waals surface area contributed by atoms with E-state index in [0.29, 0.717) is 0 Å². The summed E-state index contributed by atoms with van der Waals surface area (Å²) in [7, 11) is -2.08. The van der Waals surface area contributed by atoms with Gasteiger partial charge in [-0.3, -0.25) is 0 Å². The predicted octanol–water partition coefficient (Wildman–Crippen LogP) is 0.720. The van der Waals surface area contributed by atoms with Crippen molar-refractivity contribution in [2.45, 2.75) is 38.3 Å². The summed E-state index contributed by atoms with van der Waals surface area (Å²) in [6, 6.07) is -1.12. The topological polar surface area (TPSA) is 108 Å². The minimum Gasteiger partial charge on any atom is -0.480 e. The molecule has 2 aromatic rings. The Kier molecular flexibility index (Phi) is 3.92. The summed E-state index contributed by atoms with van der Waals surface area (Å²) in [5.41, 5.74) is -1.26. The average Bonchev–Trinajstić information content (AvgIpc) is 2.98. The van der Waals surface area contributed by atoms with E-state index >= 15 is 0 Å². The normalized spacial score (nSPS) is 16.4. The number of aliphatic carboxylic acids is 1. The van der Waals surface area contributed by atoms with Crippen molar-refractivity contribution in [3.8, 4) is 0 Å². The molecule has 0 aromatic carbocycles. The third-order valence-corrected chi connectivity index (χ3v) is 3.86. The number of nitrogens with zero attached hydrogens (tertiary/aromatic N) is 6. The van der Waals surface area contributed by atoms with Crippen LogP contribution in [0, 0.1) is 0 Å². The van der Waals surface area contributed by atoms with Crippen molar-refractivity contribution >= 4 is 14.3 Å². The Morgan fingerprint density at radius 1 is 1.24 bits per heavy atom. The van der Waals surface area contributed by atoms with Gasteiger partial charge in [0, 0.05) is 12.4 Å². The van der Waals surface area contributed by atoms with Gasteiger partial charge in [0.15, 0.2) is 20.1 Å². The fraction of sp³-hybridized carbons (Fsp3) is 0.545. The average molecular weight is 310 g/mol. The number of hydrogen-bond acceptors (Lipinski definition) is 6. The third kappa shape index (κ3) is 3.16. The first-order valence-corrected chi connectivity index (χ1v) is 9.80. The van der Waals surface area contributed by atoms with Crippen LogP contribution in [0.25, 0.3) is 0 Å². The van der Waals surface area contributed by atoms with E-state index in [0.717, 1.165) is 0 Å². The highest BCUT2D eigenvalue weighted by molar-refractivity contribution is 6.69. The van der Waals surface area contributed by atoms with Crippen molar-refractivity contribution in [2.24, 2.45) is 0 Å². The molecule has 0 aliphatic carbocycles. The van der Waals surface area contributed by atoms with Gasteiger partial charge in [0.1, 0.15) is 0 Å². The zero-order valence-electron chi connectivity index (χ0n) is 12.3. The molecule has 2 atom stereocenters. The molecule has 0 spiro atoms. The van der Waals surface area contributed by atoms with E-state index in [1.54, 1.807) is 13.1 Å². The van der Waals surface area contributed by atoms with Gasteiger partial charge in [-0.2, -0.15) is 0 Å². The molecule has 0 fully saturated rings.